The zero-order valence-corrected chi connectivity index (χ0v) is 14.0. The van der Waals surface area contributed by atoms with Gasteiger partial charge in [-0.1, -0.05) is 30.7 Å². The molecule has 0 fully saturated rings. The molecule has 0 aliphatic carbocycles. The van der Waals surface area contributed by atoms with E-state index in [1.807, 2.05) is 22.9 Å². The van der Waals surface area contributed by atoms with Crippen molar-refractivity contribution in [2.24, 2.45) is 5.92 Å². The number of imidazole rings is 1. The van der Waals surface area contributed by atoms with Crippen molar-refractivity contribution in [2.45, 2.75) is 13.5 Å². The van der Waals surface area contributed by atoms with Crippen molar-refractivity contribution in [1.82, 2.24) is 25.1 Å². The van der Waals surface area contributed by atoms with Crippen LogP contribution in [0, 0.1) is 5.92 Å². The molecule has 3 aromatic rings. The van der Waals surface area contributed by atoms with Gasteiger partial charge in [-0.2, -0.15) is 5.10 Å². The molecule has 0 saturated heterocycles. The fraction of sp³-hybridized carbons (Fsp3) is 0.235. The first-order valence-electron chi connectivity index (χ1n) is 7.67. The van der Waals surface area contributed by atoms with Gasteiger partial charge in [-0.25, -0.2) is 4.98 Å². The van der Waals surface area contributed by atoms with Crippen molar-refractivity contribution < 1.29 is 4.79 Å². The lowest BCUT2D eigenvalue weighted by Crippen LogP contribution is -2.30. The number of halogens is 1. The highest BCUT2D eigenvalue weighted by Crippen LogP contribution is 2.20. The smallest absolute Gasteiger partial charge is 0.269 e. The van der Waals surface area contributed by atoms with E-state index in [4.69, 9.17) is 11.6 Å². The number of nitrogens with zero attached hydrogens (tertiary/aromatic N) is 3. The molecule has 0 aliphatic rings. The van der Waals surface area contributed by atoms with Crippen LogP contribution in [0.1, 0.15) is 17.4 Å². The molecule has 124 valence electrons. The number of amides is 1. The quantitative estimate of drug-likeness (QED) is 0.722. The van der Waals surface area contributed by atoms with Gasteiger partial charge in [-0.05, 0) is 24.1 Å². The molecule has 3 rings (SSSR count). The molecule has 2 N–H and O–H groups in total. The molecule has 0 aliphatic heterocycles. The lowest BCUT2D eigenvalue weighted by molar-refractivity contribution is 0.0942. The second kappa shape index (κ2) is 7.31. The molecule has 2 heterocycles. The van der Waals surface area contributed by atoms with E-state index in [9.17, 15) is 4.79 Å². The van der Waals surface area contributed by atoms with E-state index in [0.29, 0.717) is 28.9 Å². The van der Waals surface area contributed by atoms with Gasteiger partial charge in [0.2, 0.25) is 0 Å². The number of hydrogen-bond acceptors (Lipinski definition) is 3. The second-order valence-electron chi connectivity index (χ2n) is 5.75. The summed E-state index contributed by atoms with van der Waals surface area (Å²) in [5, 5.41) is 10.5. The van der Waals surface area contributed by atoms with Crippen molar-refractivity contribution in [3.05, 3.63) is 59.8 Å². The summed E-state index contributed by atoms with van der Waals surface area (Å²) in [6, 6.07) is 9.06. The van der Waals surface area contributed by atoms with E-state index in [1.54, 1.807) is 30.7 Å². The van der Waals surface area contributed by atoms with Crippen LogP contribution in [0.5, 0.6) is 0 Å². The molecule has 0 radical (unpaired) electrons. The summed E-state index contributed by atoms with van der Waals surface area (Å²) in [6.45, 7) is 3.46. The Bertz CT molecular complexity index is 795. The largest absolute Gasteiger partial charge is 0.350 e. The van der Waals surface area contributed by atoms with Crippen LogP contribution in [0.3, 0.4) is 0 Å². The predicted octanol–water partition coefficient (Wildman–Crippen LogP) is 2.99. The highest BCUT2D eigenvalue weighted by atomic mass is 35.5. The normalized spacial score (nSPS) is 12.1. The fourth-order valence-electron chi connectivity index (χ4n) is 2.39. The van der Waals surface area contributed by atoms with Crippen LogP contribution in [-0.4, -0.2) is 32.2 Å². The first-order chi connectivity index (χ1) is 11.6. The Balaban J connectivity index is 1.56. The summed E-state index contributed by atoms with van der Waals surface area (Å²) >= 11 is 5.88. The zero-order valence-electron chi connectivity index (χ0n) is 13.2. The van der Waals surface area contributed by atoms with Gasteiger partial charge in [0, 0.05) is 36.1 Å². The van der Waals surface area contributed by atoms with Gasteiger partial charge in [-0.3, -0.25) is 9.89 Å². The number of aromatic nitrogens is 4. The molecule has 0 spiro atoms. The summed E-state index contributed by atoms with van der Waals surface area (Å²) < 4.78 is 1.99. The highest BCUT2D eigenvalue weighted by molar-refractivity contribution is 6.30. The fourth-order valence-corrected chi connectivity index (χ4v) is 2.51. The summed E-state index contributed by atoms with van der Waals surface area (Å²) in [7, 11) is 0. The molecule has 0 saturated carbocycles. The molecular formula is C17H18ClN5O. The average molecular weight is 344 g/mol. The van der Waals surface area contributed by atoms with Crippen molar-refractivity contribution in [1.29, 1.82) is 0 Å². The van der Waals surface area contributed by atoms with Gasteiger partial charge in [0.1, 0.15) is 5.69 Å². The van der Waals surface area contributed by atoms with Crippen LogP contribution in [0.4, 0.5) is 0 Å². The lowest BCUT2D eigenvalue weighted by atomic mass is 10.1. The van der Waals surface area contributed by atoms with Crippen LogP contribution < -0.4 is 5.32 Å². The molecule has 1 aromatic carbocycles. The number of H-pyrrole nitrogens is 1. The van der Waals surface area contributed by atoms with Gasteiger partial charge in [0.05, 0.1) is 12.0 Å². The maximum Gasteiger partial charge on any atom is 0.269 e. The van der Waals surface area contributed by atoms with Crippen molar-refractivity contribution in [2.75, 3.05) is 6.54 Å². The Hall–Kier alpha value is -2.60. The zero-order chi connectivity index (χ0) is 16.9. The molecule has 24 heavy (non-hydrogen) atoms. The van der Waals surface area contributed by atoms with E-state index < -0.39 is 0 Å². The first kappa shape index (κ1) is 16.3. The molecule has 1 atom stereocenters. The number of hydrogen-bond donors (Lipinski definition) is 2. The summed E-state index contributed by atoms with van der Waals surface area (Å²) in [6.07, 6.45) is 5.42. The lowest BCUT2D eigenvalue weighted by Gasteiger charge is -2.12. The minimum atomic E-state index is -0.166. The Kier molecular flexibility index (Phi) is 4.96. The van der Waals surface area contributed by atoms with E-state index >= 15 is 0 Å². The predicted molar refractivity (Wildman–Crippen MR) is 92.8 cm³/mol. The SMILES string of the molecule is CC(CNC(=O)c1cc(-c2ccc(Cl)cc2)n[nH]1)Cn1ccnc1. The van der Waals surface area contributed by atoms with Crippen LogP contribution in [0.25, 0.3) is 11.3 Å². The molecule has 1 unspecified atom stereocenters. The third kappa shape index (κ3) is 4.02. The van der Waals surface area contributed by atoms with Crippen molar-refractivity contribution >= 4 is 17.5 Å². The topological polar surface area (TPSA) is 75.6 Å². The second-order valence-corrected chi connectivity index (χ2v) is 6.18. The summed E-state index contributed by atoms with van der Waals surface area (Å²) in [5.41, 5.74) is 2.06. The first-order valence-corrected chi connectivity index (χ1v) is 8.05. The van der Waals surface area contributed by atoms with Crippen LogP contribution in [-0.2, 0) is 6.54 Å². The Labute approximate surface area is 144 Å². The molecule has 0 bridgehead atoms. The summed E-state index contributed by atoms with van der Waals surface area (Å²) in [4.78, 5) is 16.2. The number of carbonyl (C=O) groups is 1. The van der Waals surface area contributed by atoms with E-state index in [1.165, 1.54) is 0 Å². The van der Waals surface area contributed by atoms with Crippen molar-refractivity contribution in [3.63, 3.8) is 0 Å². The third-order valence-corrected chi connectivity index (χ3v) is 3.91. The minimum Gasteiger partial charge on any atom is -0.350 e. The van der Waals surface area contributed by atoms with Gasteiger partial charge in [0.15, 0.2) is 0 Å². The molecular weight excluding hydrogens is 326 g/mol. The van der Waals surface area contributed by atoms with Gasteiger partial charge in [0.25, 0.3) is 5.91 Å². The highest BCUT2D eigenvalue weighted by Gasteiger charge is 2.12. The number of benzene rings is 1. The Morgan fingerprint density at radius 2 is 2.17 bits per heavy atom. The molecule has 1 amide bonds. The van der Waals surface area contributed by atoms with Crippen LogP contribution in [0.2, 0.25) is 5.02 Å². The third-order valence-electron chi connectivity index (χ3n) is 3.66. The molecule has 2 aromatic heterocycles. The maximum atomic E-state index is 12.2. The van der Waals surface area contributed by atoms with Crippen molar-refractivity contribution in [3.8, 4) is 11.3 Å². The standard InChI is InChI=1S/C17H18ClN5O/c1-12(10-23-7-6-19-11-23)9-20-17(24)16-8-15(21-22-16)13-2-4-14(18)5-3-13/h2-8,11-12H,9-10H2,1H3,(H,20,24)(H,21,22). The Morgan fingerprint density at radius 1 is 1.38 bits per heavy atom. The van der Waals surface area contributed by atoms with E-state index in [0.717, 1.165) is 12.1 Å². The van der Waals surface area contributed by atoms with E-state index in [-0.39, 0.29) is 5.91 Å². The van der Waals surface area contributed by atoms with Gasteiger partial charge < -0.3 is 9.88 Å². The summed E-state index contributed by atoms with van der Waals surface area (Å²) in [5.74, 6) is 0.127. The van der Waals surface area contributed by atoms with Gasteiger partial charge in [-0.15, -0.1) is 0 Å². The number of rotatable bonds is 6. The minimum absolute atomic E-state index is 0.166. The number of aromatic amines is 1. The Morgan fingerprint density at radius 3 is 2.88 bits per heavy atom. The average Bonchev–Trinajstić information content (AvgIpc) is 3.25. The van der Waals surface area contributed by atoms with Gasteiger partial charge >= 0.3 is 0 Å². The number of nitrogens with one attached hydrogen (secondary N) is 2. The molecule has 6 nitrogen and oxygen atoms in total. The molecule has 7 heteroatoms. The van der Waals surface area contributed by atoms with Crippen LogP contribution in [0.15, 0.2) is 49.1 Å². The van der Waals surface area contributed by atoms with E-state index in [2.05, 4.69) is 27.4 Å². The maximum absolute atomic E-state index is 12.2. The number of carbonyl (C=O) groups excluding carboxylic acids is 1. The monoisotopic (exact) mass is 343 g/mol. The van der Waals surface area contributed by atoms with Crippen LogP contribution >= 0.6 is 11.6 Å².